The number of nitrogens with zero attached hydrogens (tertiary/aromatic N) is 3. The Kier molecular flexibility index (Phi) is 7.68. The van der Waals surface area contributed by atoms with E-state index in [-0.39, 0.29) is 5.78 Å². The maximum absolute atomic E-state index is 13.0. The highest BCUT2D eigenvalue weighted by molar-refractivity contribution is 7.91. The van der Waals surface area contributed by atoms with Crippen LogP contribution in [0.25, 0.3) is 0 Å². The van der Waals surface area contributed by atoms with Gasteiger partial charge >= 0.3 is 0 Å². The van der Waals surface area contributed by atoms with Crippen LogP contribution in [-0.4, -0.2) is 62.0 Å². The molecule has 1 saturated carbocycles. The minimum absolute atomic E-state index is 0.292. The molecule has 2 fully saturated rings. The first-order valence-corrected chi connectivity index (χ1v) is 14.5. The number of sulfone groups is 1. The van der Waals surface area contributed by atoms with E-state index in [1.54, 1.807) is 18.3 Å². The van der Waals surface area contributed by atoms with Crippen molar-refractivity contribution in [3.63, 3.8) is 0 Å². The van der Waals surface area contributed by atoms with Gasteiger partial charge in [0.05, 0.1) is 21.8 Å². The van der Waals surface area contributed by atoms with Crippen molar-refractivity contribution in [2.75, 3.05) is 42.0 Å². The molecule has 10 heteroatoms. The molecule has 1 N–H and O–H groups in total. The monoisotopic (exact) mass is 520 g/mol. The van der Waals surface area contributed by atoms with Crippen LogP contribution in [0.1, 0.15) is 45.2 Å². The van der Waals surface area contributed by atoms with Gasteiger partial charge in [0, 0.05) is 38.3 Å². The van der Waals surface area contributed by atoms with Crippen molar-refractivity contribution < 1.29 is 17.9 Å². The normalized spacial score (nSPS) is 17.9. The molecule has 8 nitrogen and oxygen atoms in total. The summed E-state index contributed by atoms with van der Waals surface area (Å²) in [5.41, 5.74) is 0.688. The van der Waals surface area contributed by atoms with Gasteiger partial charge in [-0.05, 0) is 55.9 Å². The average molecular weight is 521 g/mol. The van der Waals surface area contributed by atoms with E-state index >= 15 is 0 Å². The van der Waals surface area contributed by atoms with Gasteiger partial charge in [-0.3, -0.25) is 4.79 Å². The number of hydrogen-bond acceptors (Lipinski definition) is 8. The zero-order valence-corrected chi connectivity index (χ0v) is 22.0. The van der Waals surface area contributed by atoms with Crippen LogP contribution in [-0.2, 0) is 24.8 Å². The Morgan fingerprint density at radius 3 is 2.51 bits per heavy atom. The summed E-state index contributed by atoms with van der Waals surface area (Å²) in [7, 11) is -3.42. The lowest BCUT2D eigenvalue weighted by Gasteiger charge is -2.38. The minimum atomic E-state index is -3.42. The fourth-order valence-electron chi connectivity index (χ4n) is 4.63. The van der Waals surface area contributed by atoms with Gasteiger partial charge < -0.3 is 15.0 Å². The van der Waals surface area contributed by atoms with E-state index < -0.39 is 21.0 Å². The number of carbonyl (C=O) groups is 1. The van der Waals surface area contributed by atoms with Gasteiger partial charge in [-0.1, -0.05) is 25.4 Å². The maximum atomic E-state index is 13.0. The summed E-state index contributed by atoms with van der Waals surface area (Å²) < 4.78 is 29.2. The van der Waals surface area contributed by atoms with Crippen LogP contribution in [0.2, 0.25) is 5.02 Å². The zero-order valence-electron chi connectivity index (χ0n) is 20.5. The highest BCUT2D eigenvalue weighted by atomic mass is 35.5. The van der Waals surface area contributed by atoms with Crippen molar-refractivity contribution in [2.45, 2.75) is 51.0 Å². The minimum Gasteiger partial charge on any atom is -0.381 e. The zero-order chi connectivity index (χ0) is 25.2. The number of nitrogens with one attached hydrogen (secondary N) is 1. The summed E-state index contributed by atoms with van der Waals surface area (Å²) in [6, 6.07) is 7.73. The Morgan fingerprint density at radius 2 is 1.94 bits per heavy atom. The summed E-state index contributed by atoms with van der Waals surface area (Å²) >= 11 is 6.02. The summed E-state index contributed by atoms with van der Waals surface area (Å²) in [4.78, 5) is 24.6. The molecule has 0 atom stereocenters. The molecule has 2 aromatic rings. The molecule has 1 aliphatic carbocycles. The Morgan fingerprint density at radius 1 is 1.23 bits per heavy atom. The largest absolute Gasteiger partial charge is 0.381 e. The standard InChI is InChI=1S/C25H33ClN4O4S/c1-17(2)15-30(19-8-12-34-13-9-19)20-5-6-21(25(10-11-25)22(31)16-35(3,32)33)28-24(20)29-23-7-4-18(26)14-27-23/h4-7,14,17,19H,8-13,15-16H2,1-3H3,(H,27,28,29). The predicted molar refractivity (Wildman–Crippen MR) is 138 cm³/mol. The van der Waals surface area contributed by atoms with Crippen molar-refractivity contribution in [1.29, 1.82) is 0 Å². The number of hydrogen-bond donors (Lipinski definition) is 1. The van der Waals surface area contributed by atoms with E-state index in [0.29, 0.717) is 47.2 Å². The third-order valence-corrected chi connectivity index (χ3v) is 7.53. The van der Waals surface area contributed by atoms with Gasteiger partial charge in [0.15, 0.2) is 21.4 Å². The number of Topliss-reactive ketones (excluding diaryl/α,β-unsaturated/α-hetero) is 1. The first-order valence-electron chi connectivity index (χ1n) is 12.0. The molecular weight excluding hydrogens is 488 g/mol. The summed E-state index contributed by atoms with van der Waals surface area (Å²) in [6.07, 6.45) is 5.70. The molecule has 0 bridgehead atoms. The van der Waals surface area contributed by atoms with Gasteiger partial charge in [0.2, 0.25) is 0 Å². The second-order valence-corrected chi connectivity index (χ2v) is 12.6. The predicted octanol–water partition coefficient (Wildman–Crippen LogP) is 4.16. The fourth-order valence-corrected chi connectivity index (χ4v) is 5.49. The lowest BCUT2D eigenvalue weighted by atomic mass is 9.96. The highest BCUT2D eigenvalue weighted by Crippen LogP contribution is 2.49. The molecule has 0 radical (unpaired) electrons. The number of pyridine rings is 2. The van der Waals surface area contributed by atoms with E-state index in [0.717, 1.165) is 44.5 Å². The molecule has 0 unspecified atom stereocenters. The number of aromatic nitrogens is 2. The number of ether oxygens (including phenoxy) is 1. The second-order valence-electron chi connectivity index (χ2n) is 10.0. The average Bonchev–Trinajstić information content (AvgIpc) is 3.61. The Labute approximate surface area is 212 Å². The van der Waals surface area contributed by atoms with Crippen molar-refractivity contribution >= 4 is 44.5 Å². The number of ketones is 1. The summed E-state index contributed by atoms with van der Waals surface area (Å²) in [6.45, 7) is 6.65. The number of rotatable bonds is 10. The Hall–Kier alpha value is -2.23. The molecular formula is C25H33ClN4O4S. The van der Waals surface area contributed by atoms with Crippen LogP contribution in [0.3, 0.4) is 0 Å². The molecule has 2 aliphatic rings. The molecule has 0 amide bonds. The van der Waals surface area contributed by atoms with E-state index in [2.05, 4.69) is 29.0 Å². The van der Waals surface area contributed by atoms with Crippen molar-refractivity contribution in [3.05, 3.63) is 41.2 Å². The van der Waals surface area contributed by atoms with Crippen molar-refractivity contribution in [1.82, 2.24) is 9.97 Å². The van der Waals surface area contributed by atoms with E-state index in [4.69, 9.17) is 21.3 Å². The van der Waals surface area contributed by atoms with Crippen LogP contribution in [0.4, 0.5) is 17.3 Å². The van der Waals surface area contributed by atoms with Crippen LogP contribution >= 0.6 is 11.6 Å². The molecule has 1 saturated heterocycles. The van der Waals surface area contributed by atoms with Crippen molar-refractivity contribution in [2.24, 2.45) is 5.92 Å². The molecule has 0 aromatic carbocycles. The lowest BCUT2D eigenvalue weighted by molar-refractivity contribution is -0.119. The first kappa shape index (κ1) is 25.9. The van der Waals surface area contributed by atoms with Crippen LogP contribution in [0.5, 0.6) is 0 Å². The number of halogens is 1. The SMILES string of the molecule is CC(C)CN(c1ccc(C2(C(=O)CS(C)(=O)=O)CC2)nc1Nc1ccc(Cl)cn1)C1CCOCC1. The fraction of sp³-hybridized carbons (Fsp3) is 0.560. The number of anilines is 3. The van der Waals surface area contributed by atoms with Gasteiger partial charge in [-0.25, -0.2) is 18.4 Å². The Balaban J connectivity index is 1.75. The molecule has 1 aliphatic heterocycles. The molecule has 2 aromatic heterocycles. The quantitative estimate of drug-likeness (QED) is 0.498. The molecule has 35 heavy (non-hydrogen) atoms. The molecule has 190 valence electrons. The van der Waals surface area contributed by atoms with Gasteiger partial charge in [-0.15, -0.1) is 0 Å². The second kappa shape index (κ2) is 10.4. The van der Waals surface area contributed by atoms with Gasteiger partial charge in [-0.2, -0.15) is 0 Å². The molecule has 3 heterocycles. The third-order valence-electron chi connectivity index (χ3n) is 6.52. The lowest BCUT2D eigenvalue weighted by Crippen LogP contribution is -2.42. The summed E-state index contributed by atoms with van der Waals surface area (Å²) in [5, 5.41) is 3.87. The van der Waals surface area contributed by atoms with E-state index in [1.165, 1.54) is 0 Å². The Bertz CT molecular complexity index is 1160. The van der Waals surface area contributed by atoms with E-state index in [9.17, 15) is 13.2 Å². The van der Waals surface area contributed by atoms with E-state index in [1.807, 2.05) is 12.1 Å². The van der Waals surface area contributed by atoms with Crippen LogP contribution in [0.15, 0.2) is 30.5 Å². The summed E-state index contributed by atoms with van der Waals surface area (Å²) in [5.74, 6) is 0.843. The van der Waals surface area contributed by atoms with Crippen LogP contribution in [0, 0.1) is 5.92 Å². The third kappa shape index (κ3) is 6.32. The van der Waals surface area contributed by atoms with Gasteiger partial charge in [0.1, 0.15) is 11.6 Å². The smallest absolute Gasteiger partial charge is 0.159 e. The highest BCUT2D eigenvalue weighted by Gasteiger charge is 2.53. The van der Waals surface area contributed by atoms with Crippen molar-refractivity contribution in [3.8, 4) is 0 Å². The van der Waals surface area contributed by atoms with Crippen LogP contribution < -0.4 is 10.2 Å². The van der Waals surface area contributed by atoms with Gasteiger partial charge in [0.25, 0.3) is 0 Å². The number of carbonyl (C=O) groups excluding carboxylic acids is 1. The first-order chi connectivity index (χ1) is 16.6. The molecule has 0 spiro atoms. The maximum Gasteiger partial charge on any atom is 0.159 e. The topological polar surface area (TPSA) is 101 Å². The molecule has 4 rings (SSSR count).